The SMILES string of the molecule is Fc1ccc(C2CNCC(c3ccccc3)O2)cc1Br. The van der Waals surface area contributed by atoms with Crippen molar-refractivity contribution in [2.75, 3.05) is 13.1 Å². The van der Waals surface area contributed by atoms with Gasteiger partial charge in [-0.15, -0.1) is 0 Å². The molecular weight excluding hydrogens is 321 g/mol. The van der Waals surface area contributed by atoms with E-state index in [4.69, 9.17) is 4.74 Å². The van der Waals surface area contributed by atoms with Crippen LogP contribution in [0.2, 0.25) is 0 Å². The van der Waals surface area contributed by atoms with E-state index in [1.807, 2.05) is 18.2 Å². The third kappa shape index (κ3) is 2.92. The standard InChI is InChI=1S/C16H15BrFNO/c17-13-8-12(6-7-14(13)18)16-10-19-9-15(20-16)11-4-2-1-3-5-11/h1-8,15-16,19H,9-10H2. The number of morpholine rings is 1. The Bertz CT molecular complexity index is 590. The molecule has 1 saturated heterocycles. The summed E-state index contributed by atoms with van der Waals surface area (Å²) in [4.78, 5) is 0. The van der Waals surface area contributed by atoms with Crippen LogP contribution < -0.4 is 5.32 Å². The fourth-order valence-electron chi connectivity index (χ4n) is 2.41. The lowest BCUT2D eigenvalue weighted by atomic mass is 10.0. The molecule has 2 nitrogen and oxygen atoms in total. The maximum Gasteiger partial charge on any atom is 0.137 e. The summed E-state index contributed by atoms with van der Waals surface area (Å²) in [7, 11) is 0. The zero-order valence-corrected chi connectivity index (χ0v) is 12.4. The highest BCUT2D eigenvalue weighted by molar-refractivity contribution is 9.10. The topological polar surface area (TPSA) is 21.3 Å². The first-order chi connectivity index (χ1) is 9.74. The van der Waals surface area contributed by atoms with Crippen LogP contribution in [0.3, 0.4) is 0 Å². The van der Waals surface area contributed by atoms with Gasteiger partial charge in [-0.1, -0.05) is 36.4 Å². The lowest BCUT2D eigenvalue weighted by Gasteiger charge is -2.31. The van der Waals surface area contributed by atoms with Crippen LogP contribution in [0.25, 0.3) is 0 Å². The third-order valence-corrected chi connectivity index (χ3v) is 4.08. The van der Waals surface area contributed by atoms with E-state index in [0.29, 0.717) is 4.47 Å². The van der Waals surface area contributed by atoms with Gasteiger partial charge in [-0.25, -0.2) is 4.39 Å². The monoisotopic (exact) mass is 335 g/mol. The van der Waals surface area contributed by atoms with E-state index in [9.17, 15) is 4.39 Å². The first-order valence-electron chi connectivity index (χ1n) is 6.60. The van der Waals surface area contributed by atoms with Crippen LogP contribution in [0, 0.1) is 5.82 Å². The normalized spacial score (nSPS) is 22.7. The Hall–Kier alpha value is -1.23. The van der Waals surface area contributed by atoms with Gasteiger partial charge in [-0.2, -0.15) is 0 Å². The Morgan fingerprint density at radius 1 is 1.00 bits per heavy atom. The predicted molar refractivity (Wildman–Crippen MR) is 80.0 cm³/mol. The van der Waals surface area contributed by atoms with Gasteiger partial charge in [-0.05, 0) is 39.2 Å². The molecule has 0 aliphatic carbocycles. The smallest absolute Gasteiger partial charge is 0.137 e. The van der Waals surface area contributed by atoms with Gasteiger partial charge in [0.15, 0.2) is 0 Å². The molecule has 0 amide bonds. The second-order valence-electron chi connectivity index (χ2n) is 4.86. The van der Waals surface area contributed by atoms with Gasteiger partial charge in [0.1, 0.15) is 5.82 Å². The summed E-state index contributed by atoms with van der Waals surface area (Å²) in [5.41, 5.74) is 2.14. The Kier molecular flexibility index (Phi) is 4.15. The Morgan fingerprint density at radius 3 is 2.40 bits per heavy atom. The molecule has 0 radical (unpaired) electrons. The molecular formula is C16H15BrFNO. The van der Waals surface area contributed by atoms with Gasteiger partial charge < -0.3 is 10.1 Å². The molecule has 2 aromatic carbocycles. The minimum absolute atomic E-state index is 0.0266. The number of hydrogen-bond donors (Lipinski definition) is 1. The Morgan fingerprint density at radius 2 is 1.70 bits per heavy atom. The number of ether oxygens (including phenoxy) is 1. The summed E-state index contributed by atoms with van der Waals surface area (Å²) in [5, 5.41) is 3.38. The summed E-state index contributed by atoms with van der Waals surface area (Å²) in [6.45, 7) is 1.53. The van der Waals surface area contributed by atoms with Crippen LogP contribution in [-0.2, 0) is 4.74 Å². The van der Waals surface area contributed by atoms with Crippen molar-refractivity contribution in [1.82, 2.24) is 5.32 Å². The van der Waals surface area contributed by atoms with E-state index in [2.05, 4.69) is 33.4 Å². The van der Waals surface area contributed by atoms with E-state index in [1.165, 1.54) is 6.07 Å². The summed E-state index contributed by atoms with van der Waals surface area (Å²) in [5.74, 6) is -0.253. The van der Waals surface area contributed by atoms with Gasteiger partial charge in [0.2, 0.25) is 0 Å². The average molecular weight is 336 g/mol. The lowest BCUT2D eigenvalue weighted by molar-refractivity contribution is -0.0406. The van der Waals surface area contributed by atoms with Crippen molar-refractivity contribution < 1.29 is 9.13 Å². The van der Waals surface area contributed by atoms with Crippen LogP contribution in [0.5, 0.6) is 0 Å². The largest absolute Gasteiger partial charge is 0.363 e. The number of rotatable bonds is 2. The first kappa shape index (κ1) is 13.7. The quantitative estimate of drug-likeness (QED) is 0.895. The summed E-state index contributed by atoms with van der Waals surface area (Å²) in [6.07, 6.45) is -0.0374. The number of benzene rings is 2. The maximum atomic E-state index is 13.3. The van der Waals surface area contributed by atoms with Crippen LogP contribution in [-0.4, -0.2) is 13.1 Å². The molecule has 1 fully saturated rings. The fraction of sp³-hybridized carbons (Fsp3) is 0.250. The maximum absolute atomic E-state index is 13.3. The zero-order valence-electron chi connectivity index (χ0n) is 10.9. The molecule has 1 heterocycles. The van der Waals surface area contributed by atoms with E-state index in [0.717, 1.165) is 24.2 Å². The fourth-order valence-corrected chi connectivity index (χ4v) is 2.81. The van der Waals surface area contributed by atoms with Crippen molar-refractivity contribution in [3.63, 3.8) is 0 Å². The number of hydrogen-bond acceptors (Lipinski definition) is 2. The van der Waals surface area contributed by atoms with E-state index in [1.54, 1.807) is 12.1 Å². The van der Waals surface area contributed by atoms with Crippen molar-refractivity contribution in [2.24, 2.45) is 0 Å². The molecule has 1 aliphatic heterocycles. The second-order valence-corrected chi connectivity index (χ2v) is 5.71. The van der Waals surface area contributed by atoms with Crippen molar-refractivity contribution >= 4 is 15.9 Å². The van der Waals surface area contributed by atoms with Crippen molar-refractivity contribution in [1.29, 1.82) is 0 Å². The molecule has 104 valence electrons. The van der Waals surface area contributed by atoms with Gasteiger partial charge >= 0.3 is 0 Å². The van der Waals surface area contributed by atoms with Gasteiger partial charge in [0.05, 0.1) is 16.7 Å². The van der Waals surface area contributed by atoms with E-state index >= 15 is 0 Å². The summed E-state index contributed by atoms with van der Waals surface area (Å²) >= 11 is 3.22. The molecule has 1 aliphatic rings. The summed E-state index contributed by atoms with van der Waals surface area (Å²) in [6, 6.07) is 15.2. The third-order valence-electron chi connectivity index (χ3n) is 3.47. The first-order valence-corrected chi connectivity index (χ1v) is 7.39. The van der Waals surface area contributed by atoms with Crippen LogP contribution in [0.1, 0.15) is 23.3 Å². The minimum Gasteiger partial charge on any atom is -0.363 e. The van der Waals surface area contributed by atoms with Crippen LogP contribution in [0.4, 0.5) is 4.39 Å². The van der Waals surface area contributed by atoms with Crippen molar-refractivity contribution in [3.8, 4) is 0 Å². The average Bonchev–Trinajstić information content (AvgIpc) is 2.51. The Labute approximate surface area is 126 Å². The number of halogens is 2. The van der Waals surface area contributed by atoms with E-state index in [-0.39, 0.29) is 18.0 Å². The highest BCUT2D eigenvalue weighted by Gasteiger charge is 2.24. The molecule has 3 rings (SSSR count). The molecule has 0 saturated carbocycles. The summed E-state index contributed by atoms with van der Waals surface area (Å²) < 4.78 is 19.9. The van der Waals surface area contributed by atoms with Gasteiger partial charge in [0.25, 0.3) is 0 Å². The van der Waals surface area contributed by atoms with Crippen LogP contribution >= 0.6 is 15.9 Å². The molecule has 0 spiro atoms. The van der Waals surface area contributed by atoms with Crippen molar-refractivity contribution in [3.05, 3.63) is 69.9 Å². The predicted octanol–water partition coefficient (Wildman–Crippen LogP) is 3.99. The molecule has 0 aromatic heterocycles. The molecule has 2 aromatic rings. The molecule has 2 atom stereocenters. The second kappa shape index (κ2) is 6.04. The molecule has 4 heteroatoms. The number of nitrogens with one attached hydrogen (secondary N) is 1. The molecule has 2 unspecified atom stereocenters. The van der Waals surface area contributed by atoms with Gasteiger partial charge in [-0.3, -0.25) is 0 Å². The Balaban J connectivity index is 1.79. The molecule has 1 N–H and O–H groups in total. The lowest BCUT2D eigenvalue weighted by Crippen LogP contribution is -2.35. The zero-order chi connectivity index (χ0) is 13.9. The van der Waals surface area contributed by atoms with E-state index < -0.39 is 0 Å². The van der Waals surface area contributed by atoms with Crippen LogP contribution in [0.15, 0.2) is 53.0 Å². The molecule has 0 bridgehead atoms. The molecule has 20 heavy (non-hydrogen) atoms. The highest BCUT2D eigenvalue weighted by Crippen LogP contribution is 2.31. The highest BCUT2D eigenvalue weighted by atomic mass is 79.9. The van der Waals surface area contributed by atoms with Crippen molar-refractivity contribution in [2.45, 2.75) is 12.2 Å². The minimum atomic E-state index is -0.253. The van der Waals surface area contributed by atoms with Gasteiger partial charge in [0, 0.05) is 13.1 Å².